The summed E-state index contributed by atoms with van der Waals surface area (Å²) in [5.74, 6) is -0.522. The monoisotopic (exact) mass is 464 g/mol. The molecule has 0 bridgehead atoms. The van der Waals surface area contributed by atoms with Crippen molar-refractivity contribution >= 4 is 35.1 Å². The summed E-state index contributed by atoms with van der Waals surface area (Å²) in [6.45, 7) is 1.48. The topological polar surface area (TPSA) is 70.1 Å². The van der Waals surface area contributed by atoms with Crippen molar-refractivity contribution in [2.75, 3.05) is 26.7 Å². The standard InChI is InChI=1S/C23H26Cl2N2O4/c1-26(22(28)14-17-7-8-19(24)20(25)12-17)21(27-9-2-3-10-27)13-16-5-4-6-18(11-16)31-15-23(29)30/h4-8,11-12,21H,2-3,9-10,13-15H2,1H3,(H,29,30). The first-order valence-corrected chi connectivity index (χ1v) is 11.0. The van der Waals surface area contributed by atoms with Gasteiger partial charge in [-0.1, -0.05) is 41.4 Å². The average molecular weight is 465 g/mol. The average Bonchev–Trinajstić information content (AvgIpc) is 3.27. The number of carboxylic acids is 1. The second-order valence-corrected chi connectivity index (χ2v) is 8.50. The number of halogens is 2. The van der Waals surface area contributed by atoms with Crippen LogP contribution in [0.2, 0.25) is 10.0 Å². The molecule has 6 nitrogen and oxygen atoms in total. The first kappa shape index (κ1) is 23.4. The van der Waals surface area contributed by atoms with Crippen LogP contribution in [0.1, 0.15) is 24.0 Å². The predicted molar refractivity (Wildman–Crippen MR) is 121 cm³/mol. The number of aliphatic carboxylic acids is 1. The number of hydrogen-bond donors (Lipinski definition) is 1. The Hall–Kier alpha value is -2.28. The zero-order valence-corrected chi connectivity index (χ0v) is 18.9. The third kappa shape index (κ3) is 6.60. The molecule has 0 spiro atoms. The molecule has 1 amide bonds. The van der Waals surface area contributed by atoms with Crippen LogP contribution in [0.25, 0.3) is 0 Å². The highest BCUT2D eigenvalue weighted by molar-refractivity contribution is 6.42. The van der Waals surface area contributed by atoms with Gasteiger partial charge in [0.25, 0.3) is 0 Å². The molecule has 1 aliphatic rings. The van der Waals surface area contributed by atoms with Gasteiger partial charge in [-0.15, -0.1) is 0 Å². The molecule has 1 unspecified atom stereocenters. The maximum Gasteiger partial charge on any atom is 0.341 e. The lowest BCUT2D eigenvalue weighted by Gasteiger charge is -2.35. The quantitative estimate of drug-likeness (QED) is 0.604. The molecule has 2 aromatic rings. The second kappa shape index (κ2) is 10.8. The van der Waals surface area contributed by atoms with Crippen LogP contribution in [0.3, 0.4) is 0 Å². The number of hydrogen-bond acceptors (Lipinski definition) is 4. The Labute approximate surface area is 192 Å². The summed E-state index contributed by atoms with van der Waals surface area (Å²) in [5.41, 5.74) is 1.80. The number of rotatable bonds is 9. The van der Waals surface area contributed by atoms with E-state index < -0.39 is 5.97 Å². The van der Waals surface area contributed by atoms with Crippen LogP contribution in [0.15, 0.2) is 42.5 Å². The van der Waals surface area contributed by atoms with Gasteiger partial charge in [-0.25, -0.2) is 4.79 Å². The molecular weight excluding hydrogens is 439 g/mol. The smallest absolute Gasteiger partial charge is 0.341 e. The lowest BCUT2D eigenvalue weighted by atomic mass is 10.1. The zero-order valence-electron chi connectivity index (χ0n) is 17.4. The Balaban J connectivity index is 1.74. The molecule has 0 aliphatic carbocycles. The van der Waals surface area contributed by atoms with Gasteiger partial charge in [0.15, 0.2) is 6.61 Å². The summed E-state index contributed by atoms with van der Waals surface area (Å²) in [7, 11) is 1.83. The Morgan fingerprint density at radius 3 is 2.52 bits per heavy atom. The maximum absolute atomic E-state index is 13.1. The van der Waals surface area contributed by atoms with Gasteiger partial charge >= 0.3 is 5.97 Å². The molecule has 8 heteroatoms. The fraction of sp³-hybridized carbons (Fsp3) is 0.391. The van der Waals surface area contributed by atoms with Gasteiger partial charge in [0.1, 0.15) is 5.75 Å². The minimum absolute atomic E-state index is 0.00595. The first-order valence-electron chi connectivity index (χ1n) is 10.2. The van der Waals surface area contributed by atoms with Gasteiger partial charge in [-0.3, -0.25) is 9.69 Å². The number of carbonyl (C=O) groups excluding carboxylic acids is 1. The SMILES string of the molecule is CN(C(=O)Cc1ccc(Cl)c(Cl)c1)C(Cc1cccc(OCC(=O)O)c1)N1CCCC1. The van der Waals surface area contributed by atoms with E-state index in [-0.39, 0.29) is 25.1 Å². The Morgan fingerprint density at radius 1 is 1.10 bits per heavy atom. The second-order valence-electron chi connectivity index (χ2n) is 7.69. The van der Waals surface area contributed by atoms with E-state index in [1.54, 1.807) is 23.1 Å². The van der Waals surface area contributed by atoms with Crippen molar-refractivity contribution in [2.24, 2.45) is 0 Å². The largest absolute Gasteiger partial charge is 0.482 e. The number of carboxylic acid groups (broad SMARTS) is 1. The third-order valence-corrected chi connectivity index (χ3v) is 6.16. The van der Waals surface area contributed by atoms with E-state index in [0.717, 1.165) is 37.1 Å². The lowest BCUT2D eigenvalue weighted by Crippen LogP contribution is -2.49. The zero-order chi connectivity index (χ0) is 22.4. The molecule has 1 fully saturated rings. The van der Waals surface area contributed by atoms with Crippen LogP contribution in [0.5, 0.6) is 5.75 Å². The normalized spacial score (nSPS) is 14.9. The first-order chi connectivity index (χ1) is 14.8. The summed E-state index contributed by atoms with van der Waals surface area (Å²) in [6, 6.07) is 12.6. The fourth-order valence-electron chi connectivity index (χ4n) is 3.78. The van der Waals surface area contributed by atoms with E-state index in [9.17, 15) is 9.59 Å². The molecule has 0 aromatic heterocycles. The summed E-state index contributed by atoms with van der Waals surface area (Å²) in [6.07, 6.45) is 2.96. The maximum atomic E-state index is 13.1. The molecule has 2 aromatic carbocycles. The van der Waals surface area contributed by atoms with Crippen LogP contribution in [-0.2, 0) is 22.4 Å². The molecule has 1 saturated heterocycles. The molecule has 166 valence electrons. The fourth-order valence-corrected chi connectivity index (χ4v) is 4.10. The van der Waals surface area contributed by atoms with Crippen molar-refractivity contribution < 1.29 is 19.4 Å². The summed E-state index contributed by atoms with van der Waals surface area (Å²) >= 11 is 12.1. The minimum Gasteiger partial charge on any atom is -0.482 e. The van der Waals surface area contributed by atoms with Gasteiger partial charge in [0.05, 0.1) is 22.6 Å². The van der Waals surface area contributed by atoms with Crippen molar-refractivity contribution in [3.05, 3.63) is 63.6 Å². The van der Waals surface area contributed by atoms with E-state index in [1.165, 1.54) is 0 Å². The molecule has 1 atom stereocenters. The minimum atomic E-state index is -1.02. The number of ether oxygens (including phenoxy) is 1. The van der Waals surface area contributed by atoms with E-state index >= 15 is 0 Å². The van der Waals surface area contributed by atoms with Crippen molar-refractivity contribution in [1.82, 2.24) is 9.80 Å². The molecule has 31 heavy (non-hydrogen) atoms. The summed E-state index contributed by atoms with van der Waals surface area (Å²) in [4.78, 5) is 28.0. The van der Waals surface area contributed by atoms with E-state index in [1.807, 2.05) is 31.3 Å². The van der Waals surface area contributed by atoms with Crippen molar-refractivity contribution in [1.29, 1.82) is 0 Å². The number of benzene rings is 2. The van der Waals surface area contributed by atoms with E-state index in [0.29, 0.717) is 22.2 Å². The van der Waals surface area contributed by atoms with Gasteiger partial charge in [0.2, 0.25) is 5.91 Å². The molecular formula is C23H26Cl2N2O4. The summed E-state index contributed by atoms with van der Waals surface area (Å²) in [5, 5.41) is 9.73. The van der Waals surface area contributed by atoms with Crippen LogP contribution >= 0.6 is 23.2 Å². The number of carbonyl (C=O) groups is 2. The third-order valence-electron chi connectivity index (χ3n) is 5.42. The van der Waals surface area contributed by atoms with Gasteiger partial charge in [-0.05, 0) is 48.2 Å². The Morgan fingerprint density at radius 2 is 1.84 bits per heavy atom. The van der Waals surface area contributed by atoms with Crippen molar-refractivity contribution in [3.8, 4) is 5.75 Å². The molecule has 3 rings (SSSR count). The summed E-state index contributed by atoms with van der Waals surface area (Å²) < 4.78 is 5.31. The molecule has 1 N–H and O–H groups in total. The van der Waals surface area contributed by atoms with E-state index in [4.69, 9.17) is 33.0 Å². The van der Waals surface area contributed by atoms with Crippen molar-refractivity contribution in [3.63, 3.8) is 0 Å². The number of amides is 1. The predicted octanol–water partition coefficient (Wildman–Crippen LogP) is 4.12. The van der Waals surface area contributed by atoms with Gasteiger partial charge in [0, 0.05) is 26.6 Å². The number of nitrogens with zero attached hydrogens (tertiary/aromatic N) is 2. The number of likely N-dealkylation sites (N-methyl/N-ethyl adjacent to an activating group) is 1. The highest BCUT2D eigenvalue weighted by atomic mass is 35.5. The molecule has 0 radical (unpaired) electrons. The van der Waals surface area contributed by atoms with Crippen LogP contribution < -0.4 is 4.74 Å². The van der Waals surface area contributed by atoms with Crippen LogP contribution in [0.4, 0.5) is 0 Å². The molecule has 1 heterocycles. The van der Waals surface area contributed by atoms with Gasteiger partial charge in [-0.2, -0.15) is 0 Å². The van der Waals surface area contributed by atoms with Crippen LogP contribution in [-0.4, -0.2) is 59.7 Å². The van der Waals surface area contributed by atoms with E-state index in [2.05, 4.69) is 4.90 Å². The molecule has 1 aliphatic heterocycles. The van der Waals surface area contributed by atoms with Crippen molar-refractivity contribution in [2.45, 2.75) is 31.8 Å². The Bertz CT molecular complexity index is 932. The lowest BCUT2D eigenvalue weighted by molar-refractivity contribution is -0.139. The Kier molecular flexibility index (Phi) is 8.18. The van der Waals surface area contributed by atoms with Crippen LogP contribution in [0, 0.1) is 0 Å². The number of likely N-dealkylation sites (tertiary alicyclic amines) is 1. The highest BCUT2D eigenvalue weighted by Crippen LogP contribution is 2.24. The van der Waals surface area contributed by atoms with Gasteiger partial charge < -0.3 is 14.7 Å². The highest BCUT2D eigenvalue weighted by Gasteiger charge is 2.28. The molecule has 0 saturated carbocycles.